The average molecular weight is 465 g/mol. The average Bonchev–Trinajstić information content (AvgIpc) is 3.13. The summed E-state index contributed by atoms with van der Waals surface area (Å²) < 4.78 is 16.9. The van der Waals surface area contributed by atoms with Crippen LogP contribution in [0.4, 0.5) is 0 Å². The van der Waals surface area contributed by atoms with Gasteiger partial charge in [0.15, 0.2) is 0 Å². The minimum atomic E-state index is -1.39. The highest BCUT2D eigenvalue weighted by molar-refractivity contribution is 6.02. The zero-order chi connectivity index (χ0) is 24.0. The molecule has 3 aliphatic rings. The molecule has 0 aromatic heterocycles. The molecule has 2 aromatic carbocycles. The van der Waals surface area contributed by atoms with Crippen molar-refractivity contribution in [2.75, 3.05) is 26.9 Å². The van der Waals surface area contributed by atoms with Crippen LogP contribution in [0.15, 0.2) is 48.5 Å². The fraction of sp³-hybridized carbons (Fsp3) is 0.423. The van der Waals surface area contributed by atoms with Crippen molar-refractivity contribution in [2.45, 2.75) is 32.0 Å². The molecular formula is C26H28N2O6. The summed E-state index contributed by atoms with van der Waals surface area (Å²) in [5.74, 6) is -0.977. The number of nitrogens with zero attached hydrogens (tertiary/aromatic N) is 2. The van der Waals surface area contributed by atoms with Crippen molar-refractivity contribution in [3.63, 3.8) is 0 Å². The number of esters is 1. The highest BCUT2D eigenvalue weighted by Crippen LogP contribution is 2.57. The van der Waals surface area contributed by atoms with Gasteiger partial charge in [-0.05, 0) is 37.6 Å². The number of carbonyl (C=O) groups is 3. The molecule has 0 N–H and O–H groups in total. The number of carbonyl (C=O) groups excluding carboxylic acids is 3. The summed E-state index contributed by atoms with van der Waals surface area (Å²) in [5.41, 5.74) is 0.272. The molecule has 178 valence electrons. The first kappa shape index (κ1) is 22.3. The standard InChI is InChI=1S/C26H28N2O6/c1-4-33-24(30)22-19-15-34-20-11-10-17(32-3)12-18(20)23(19)28-21(29)14-27(25(31)26(22,28)2)13-16-8-6-5-7-9-16/h5-12,19,22-23H,4,13-15H2,1-3H3/t19-,22-,23-,26-/m1/s1. The SMILES string of the molecule is CCOC(=O)[C@H]1[C@H]2COc3ccc(OC)cc3[C@H]2N2C(=O)CN(Cc3ccccc3)C(=O)[C@@]12C. The van der Waals surface area contributed by atoms with E-state index < -0.39 is 29.4 Å². The van der Waals surface area contributed by atoms with E-state index in [9.17, 15) is 14.4 Å². The predicted octanol–water partition coefficient (Wildman–Crippen LogP) is 2.57. The maximum absolute atomic E-state index is 14.0. The molecule has 8 heteroatoms. The van der Waals surface area contributed by atoms with Crippen LogP contribution in [-0.2, 0) is 25.7 Å². The molecule has 3 aliphatic heterocycles. The van der Waals surface area contributed by atoms with Crippen LogP contribution in [0.1, 0.15) is 31.0 Å². The quantitative estimate of drug-likeness (QED) is 0.633. The lowest BCUT2D eigenvalue weighted by atomic mass is 9.77. The lowest BCUT2D eigenvalue weighted by molar-refractivity contribution is -0.170. The van der Waals surface area contributed by atoms with Gasteiger partial charge >= 0.3 is 5.97 Å². The molecular weight excluding hydrogens is 436 g/mol. The molecule has 0 radical (unpaired) electrons. The van der Waals surface area contributed by atoms with E-state index >= 15 is 0 Å². The monoisotopic (exact) mass is 464 g/mol. The van der Waals surface area contributed by atoms with E-state index in [2.05, 4.69) is 0 Å². The van der Waals surface area contributed by atoms with Crippen molar-refractivity contribution < 1.29 is 28.6 Å². The first-order valence-electron chi connectivity index (χ1n) is 11.5. The summed E-state index contributed by atoms with van der Waals surface area (Å²) in [5, 5.41) is 0. The molecule has 2 saturated heterocycles. The van der Waals surface area contributed by atoms with Gasteiger partial charge in [-0.2, -0.15) is 0 Å². The topological polar surface area (TPSA) is 85.4 Å². The van der Waals surface area contributed by atoms with E-state index in [1.807, 2.05) is 36.4 Å². The van der Waals surface area contributed by atoms with Gasteiger partial charge in [0, 0.05) is 18.0 Å². The molecule has 34 heavy (non-hydrogen) atoms. The second kappa shape index (κ2) is 8.34. The third kappa shape index (κ3) is 3.23. The van der Waals surface area contributed by atoms with Gasteiger partial charge in [-0.25, -0.2) is 0 Å². The van der Waals surface area contributed by atoms with E-state index in [0.717, 1.165) is 11.1 Å². The molecule has 0 bridgehead atoms. The van der Waals surface area contributed by atoms with Crippen molar-refractivity contribution in [3.8, 4) is 11.5 Å². The number of piperazine rings is 1. The number of ether oxygens (including phenoxy) is 3. The van der Waals surface area contributed by atoms with Gasteiger partial charge in [-0.15, -0.1) is 0 Å². The summed E-state index contributed by atoms with van der Waals surface area (Å²) in [6, 6.07) is 14.5. The highest BCUT2D eigenvalue weighted by Gasteiger charge is 2.69. The molecule has 4 atom stereocenters. The smallest absolute Gasteiger partial charge is 0.312 e. The number of hydrogen-bond donors (Lipinski definition) is 0. The minimum absolute atomic E-state index is 0.0533. The number of fused-ring (bicyclic) bond motifs is 5. The number of methoxy groups -OCH3 is 1. The molecule has 3 heterocycles. The van der Waals surface area contributed by atoms with Crippen molar-refractivity contribution >= 4 is 17.8 Å². The van der Waals surface area contributed by atoms with Crippen LogP contribution in [0.2, 0.25) is 0 Å². The second-order valence-corrected chi connectivity index (χ2v) is 9.11. The fourth-order valence-electron chi connectivity index (χ4n) is 5.84. The minimum Gasteiger partial charge on any atom is -0.497 e. The first-order valence-corrected chi connectivity index (χ1v) is 11.5. The molecule has 2 amide bonds. The van der Waals surface area contributed by atoms with Crippen molar-refractivity contribution in [1.82, 2.24) is 9.80 Å². The largest absolute Gasteiger partial charge is 0.497 e. The predicted molar refractivity (Wildman–Crippen MR) is 122 cm³/mol. The zero-order valence-electron chi connectivity index (χ0n) is 19.5. The summed E-state index contributed by atoms with van der Waals surface area (Å²) >= 11 is 0. The Balaban J connectivity index is 1.61. The van der Waals surface area contributed by atoms with E-state index in [0.29, 0.717) is 18.0 Å². The molecule has 0 unspecified atom stereocenters. The third-order valence-electron chi connectivity index (χ3n) is 7.26. The van der Waals surface area contributed by atoms with Gasteiger partial charge in [0.2, 0.25) is 11.8 Å². The van der Waals surface area contributed by atoms with Crippen LogP contribution in [0.25, 0.3) is 0 Å². The van der Waals surface area contributed by atoms with Gasteiger partial charge in [0.05, 0.1) is 32.3 Å². The van der Waals surface area contributed by atoms with Gasteiger partial charge in [0.25, 0.3) is 0 Å². The van der Waals surface area contributed by atoms with E-state index in [1.165, 1.54) is 0 Å². The van der Waals surface area contributed by atoms with Crippen LogP contribution in [0.3, 0.4) is 0 Å². The van der Waals surface area contributed by atoms with Gasteiger partial charge < -0.3 is 24.0 Å². The van der Waals surface area contributed by atoms with Gasteiger partial charge in [0.1, 0.15) is 23.6 Å². The van der Waals surface area contributed by atoms with Crippen molar-refractivity contribution in [1.29, 1.82) is 0 Å². The van der Waals surface area contributed by atoms with E-state index in [4.69, 9.17) is 14.2 Å². The van der Waals surface area contributed by atoms with Crippen LogP contribution in [-0.4, -0.2) is 60.0 Å². The maximum Gasteiger partial charge on any atom is 0.312 e. The Hall–Kier alpha value is -3.55. The molecule has 0 saturated carbocycles. The normalized spacial score (nSPS) is 27.4. The molecule has 2 fully saturated rings. The summed E-state index contributed by atoms with van der Waals surface area (Å²) in [4.78, 5) is 44.2. The number of amides is 2. The summed E-state index contributed by atoms with van der Waals surface area (Å²) in [6.07, 6.45) is 0. The Kier molecular flexibility index (Phi) is 5.46. The highest BCUT2D eigenvalue weighted by atomic mass is 16.5. The van der Waals surface area contributed by atoms with Crippen LogP contribution >= 0.6 is 0 Å². The summed E-state index contributed by atoms with van der Waals surface area (Å²) in [7, 11) is 1.57. The Morgan fingerprint density at radius 3 is 2.65 bits per heavy atom. The van der Waals surface area contributed by atoms with E-state index in [-0.39, 0.29) is 31.6 Å². The van der Waals surface area contributed by atoms with Gasteiger partial charge in [-0.3, -0.25) is 14.4 Å². The lowest BCUT2D eigenvalue weighted by Gasteiger charge is -2.47. The van der Waals surface area contributed by atoms with Gasteiger partial charge in [-0.1, -0.05) is 30.3 Å². The molecule has 8 nitrogen and oxygen atoms in total. The van der Waals surface area contributed by atoms with Crippen LogP contribution in [0, 0.1) is 11.8 Å². The van der Waals surface area contributed by atoms with Crippen LogP contribution < -0.4 is 9.47 Å². The first-order chi connectivity index (χ1) is 16.4. The molecule has 2 aromatic rings. The van der Waals surface area contributed by atoms with Crippen molar-refractivity contribution in [3.05, 3.63) is 59.7 Å². The Morgan fingerprint density at radius 1 is 1.18 bits per heavy atom. The Morgan fingerprint density at radius 2 is 1.94 bits per heavy atom. The molecule has 0 aliphatic carbocycles. The van der Waals surface area contributed by atoms with Crippen LogP contribution in [0.5, 0.6) is 11.5 Å². The number of rotatable bonds is 5. The zero-order valence-corrected chi connectivity index (χ0v) is 19.5. The second-order valence-electron chi connectivity index (χ2n) is 9.11. The van der Waals surface area contributed by atoms with Crippen molar-refractivity contribution in [2.24, 2.45) is 11.8 Å². The molecule has 0 spiro atoms. The number of benzene rings is 2. The Bertz CT molecular complexity index is 1140. The fourth-order valence-corrected chi connectivity index (χ4v) is 5.84. The summed E-state index contributed by atoms with van der Waals surface area (Å²) in [6.45, 7) is 4.06. The third-order valence-corrected chi connectivity index (χ3v) is 7.26. The Labute approximate surface area is 198 Å². The maximum atomic E-state index is 14.0. The molecule has 5 rings (SSSR count). The van der Waals surface area contributed by atoms with E-state index in [1.54, 1.807) is 42.9 Å². The number of hydrogen-bond acceptors (Lipinski definition) is 6. The lowest BCUT2D eigenvalue weighted by Crippen LogP contribution is -2.67.